The Morgan fingerprint density at radius 2 is 2.08 bits per heavy atom. The first-order valence-electron chi connectivity index (χ1n) is 9.14. The van der Waals surface area contributed by atoms with E-state index in [0.717, 1.165) is 15.2 Å². The average Bonchev–Trinajstić information content (AvgIpc) is 3.08. The molecular formula is C20H24N2O3S. The van der Waals surface area contributed by atoms with Gasteiger partial charge in [0.2, 0.25) is 0 Å². The summed E-state index contributed by atoms with van der Waals surface area (Å²) in [6.07, 6.45) is 8.25. The van der Waals surface area contributed by atoms with Crippen molar-refractivity contribution in [3.8, 4) is 0 Å². The van der Waals surface area contributed by atoms with E-state index in [-0.39, 0.29) is 5.91 Å². The van der Waals surface area contributed by atoms with Crippen molar-refractivity contribution in [1.82, 2.24) is 10.3 Å². The van der Waals surface area contributed by atoms with E-state index >= 15 is 0 Å². The Labute approximate surface area is 157 Å². The van der Waals surface area contributed by atoms with Gasteiger partial charge in [0.1, 0.15) is 5.01 Å². The smallest absolute Gasteiger partial charge is 0.331 e. The van der Waals surface area contributed by atoms with Crippen molar-refractivity contribution in [2.45, 2.75) is 45.1 Å². The van der Waals surface area contributed by atoms with Crippen LogP contribution in [0.15, 0.2) is 30.3 Å². The van der Waals surface area contributed by atoms with Gasteiger partial charge in [-0.1, -0.05) is 31.4 Å². The van der Waals surface area contributed by atoms with E-state index in [1.165, 1.54) is 49.5 Å². The zero-order valence-corrected chi connectivity index (χ0v) is 15.8. The lowest BCUT2D eigenvalue weighted by Crippen LogP contribution is -2.38. The Kier molecular flexibility index (Phi) is 6.39. The third-order valence-corrected chi connectivity index (χ3v) is 5.63. The molecule has 26 heavy (non-hydrogen) atoms. The first-order valence-corrected chi connectivity index (χ1v) is 9.95. The molecule has 1 heterocycles. The van der Waals surface area contributed by atoms with Crippen LogP contribution in [-0.2, 0) is 14.3 Å². The number of carbonyl (C=O) groups excluding carboxylic acids is 2. The highest BCUT2D eigenvalue weighted by Gasteiger charge is 2.19. The fraction of sp³-hybridized carbons (Fsp3) is 0.450. The highest BCUT2D eigenvalue weighted by atomic mass is 32.1. The maximum Gasteiger partial charge on any atom is 0.331 e. The largest absolute Gasteiger partial charge is 0.449 e. The number of thiazole rings is 1. The predicted octanol–water partition coefficient (Wildman–Crippen LogP) is 3.94. The van der Waals surface area contributed by atoms with Crippen LogP contribution in [0.2, 0.25) is 0 Å². The fourth-order valence-electron chi connectivity index (χ4n) is 3.15. The van der Waals surface area contributed by atoms with E-state index in [2.05, 4.69) is 10.3 Å². The summed E-state index contributed by atoms with van der Waals surface area (Å²) in [6.45, 7) is 2.27. The van der Waals surface area contributed by atoms with Crippen LogP contribution in [0.5, 0.6) is 0 Å². The molecular weight excluding hydrogens is 348 g/mol. The first-order chi connectivity index (χ1) is 12.6. The molecule has 1 aromatic carbocycles. The summed E-state index contributed by atoms with van der Waals surface area (Å²) in [5.74, 6) is -0.226. The van der Waals surface area contributed by atoms with E-state index in [0.29, 0.717) is 12.5 Å². The molecule has 2 aromatic rings. The minimum Gasteiger partial charge on any atom is -0.449 e. The number of amides is 1. The number of hydrogen-bond acceptors (Lipinski definition) is 5. The molecule has 5 nitrogen and oxygen atoms in total. The zero-order valence-electron chi connectivity index (χ0n) is 14.9. The summed E-state index contributed by atoms with van der Waals surface area (Å²) in [5, 5.41) is 3.63. The summed E-state index contributed by atoms with van der Waals surface area (Å²) in [7, 11) is 0. The number of aromatic nitrogens is 1. The van der Waals surface area contributed by atoms with Crippen molar-refractivity contribution in [2.24, 2.45) is 5.92 Å². The summed E-state index contributed by atoms with van der Waals surface area (Å²) >= 11 is 1.50. The van der Waals surface area contributed by atoms with Gasteiger partial charge in [0.05, 0.1) is 10.2 Å². The molecule has 3 rings (SSSR count). The van der Waals surface area contributed by atoms with Crippen molar-refractivity contribution in [3.63, 3.8) is 0 Å². The molecule has 1 fully saturated rings. The number of para-hydroxylation sites is 1. The molecule has 1 atom stereocenters. The molecule has 138 valence electrons. The highest BCUT2D eigenvalue weighted by Crippen LogP contribution is 2.23. The van der Waals surface area contributed by atoms with E-state index in [9.17, 15) is 9.59 Å². The summed E-state index contributed by atoms with van der Waals surface area (Å²) < 4.78 is 6.25. The third-order valence-electron chi connectivity index (χ3n) is 4.62. The normalized spacial score (nSPS) is 16.7. The topological polar surface area (TPSA) is 68.3 Å². The zero-order chi connectivity index (χ0) is 18.4. The van der Waals surface area contributed by atoms with Gasteiger partial charge in [-0.2, -0.15) is 0 Å². The predicted molar refractivity (Wildman–Crippen MR) is 104 cm³/mol. The lowest BCUT2D eigenvalue weighted by molar-refractivity contribution is -0.150. The molecule has 0 radical (unpaired) electrons. The molecule has 1 unspecified atom stereocenters. The van der Waals surface area contributed by atoms with Gasteiger partial charge in [0, 0.05) is 12.6 Å². The van der Waals surface area contributed by atoms with Crippen LogP contribution in [0.4, 0.5) is 0 Å². The molecule has 1 aliphatic rings. The van der Waals surface area contributed by atoms with E-state index < -0.39 is 12.1 Å². The second-order valence-electron chi connectivity index (χ2n) is 6.68. The molecule has 1 aliphatic carbocycles. The van der Waals surface area contributed by atoms with E-state index in [4.69, 9.17) is 4.74 Å². The van der Waals surface area contributed by atoms with Gasteiger partial charge in [-0.3, -0.25) is 4.79 Å². The quantitative estimate of drug-likeness (QED) is 0.616. The van der Waals surface area contributed by atoms with Crippen LogP contribution in [0.3, 0.4) is 0 Å². The Hall–Kier alpha value is -2.21. The minimum absolute atomic E-state index is 0.239. The van der Waals surface area contributed by atoms with Crippen LogP contribution < -0.4 is 5.32 Å². The minimum atomic E-state index is -0.800. The van der Waals surface area contributed by atoms with Crippen LogP contribution in [-0.4, -0.2) is 29.5 Å². The van der Waals surface area contributed by atoms with Crippen LogP contribution in [0.25, 0.3) is 16.3 Å². The second kappa shape index (κ2) is 8.94. The number of fused-ring (bicyclic) bond motifs is 1. The first kappa shape index (κ1) is 18.6. The number of esters is 1. The molecule has 0 spiro atoms. The van der Waals surface area contributed by atoms with Crippen LogP contribution >= 0.6 is 11.3 Å². The number of carbonyl (C=O) groups is 2. The standard InChI is InChI=1S/C20H24N2O3S/c1-14(20(24)21-13-15-7-3-2-4-8-15)25-19(23)12-11-18-22-16-9-5-6-10-17(16)26-18/h5-6,9-12,14-15H,2-4,7-8,13H2,1H3,(H,21,24)/b12-11+. The highest BCUT2D eigenvalue weighted by molar-refractivity contribution is 7.19. The van der Waals surface area contributed by atoms with E-state index in [1.807, 2.05) is 24.3 Å². The molecule has 1 aromatic heterocycles. The second-order valence-corrected chi connectivity index (χ2v) is 7.74. The maximum atomic E-state index is 12.1. The van der Waals surface area contributed by atoms with Crippen molar-refractivity contribution in [3.05, 3.63) is 35.3 Å². The molecule has 1 saturated carbocycles. The summed E-state index contributed by atoms with van der Waals surface area (Å²) in [6, 6.07) is 7.80. The van der Waals surface area contributed by atoms with Crippen LogP contribution in [0.1, 0.15) is 44.0 Å². The third kappa shape index (κ3) is 5.14. The molecule has 0 aliphatic heterocycles. The van der Waals surface area contributed by atoms with Gasteiger partial charge >= 0.3 is 5.97 Å². The van der Waals surface area contributed by atoms with Gasteiger partial charge in [-0.25, -0.2) is 9.78 Å². The van der Waals surface area contributed by atoms with Gasteiger partial charge in [0.15, 0.2) is 6.10 Å². The maximum absolute atomic E-state index is 12.1. The van der Waals surface area contributed by atoms with Crippen molar-refractivity contribution >= 4 is 39.5 Å². The molecule has 0 bridgehead atoms. The number of nitrogens with zero attached hydrogens (tertiary/aromatic N) is 1. The van der Waals surface area contributed by atoms with Crippen molar-refractivity contribution < 1.29 is 14.3 Å². The lowest BCUT2D eigenvalue weighted by atomic mass is 9.89. The van der Waals surface area contributed by atoms with Crippen LogP contribution in [0, 0.1) is 5.92 Å². The fourth-order valence-corrected chi connectivity index (χ4v) is 4.02. The monoisotopic (exact) mass is 372 g/mol. The Bertz CT molecular complexity index is 760. The Morgan fingerprint density at radius 3 is 2.85 bits per heavy atom. The van der Waals surface area contributed by atoms with Gasteiger partial charge in [-0.15, -0.1) is 11.3 Å². The summed E-state index contributed by atoms with van der Waals surface area (Å²) in [5.41, 5.74) is 0.904. The van der Waals surface area contributed by atoms with Crippen molar-refractivity contribution in [2.75, 3.05) is 6.54 Å². The number of benzene rings is 1. The number of rotatable bonds is 6. The SMILES string of the molecule is CC(OC(=O)/C=C/c1nc2ccccc2s1)C(=O)NCC1CCCCC1. The van der Waals surface area contributed by atoms with Gasteiger partial charge in [-0.05, 0) is 43.9 Å². The Morgan fingerprint density at radius 1 is 1.31 bits per heavy atom. The number of hydrogen-bond donors (Lipinski definition) is 1. The molecule has 1 amide bonds. The summed E-state index contributed by atoms with van der Waals surface area (Å²) in [4.78, 5) is 28.5. The van der Waals surface area contributed by atoms with E-state index in [1.54, 1.807) is 13.0 Å². The Balaban J connectivity index is 1.46. The molecule has 6 heteroatoms. The average molecular weight is 372 g/mol. The number of nitrogens with one attached hydrogen (secondary N) is 1. The van der Waals surface area contributed by atoms with Crippen molar-refractivity contribution in [1.29, 1.82) is 0 Å². The lowest BCUT2D eigenvalue weighted by Gasteiger charge is -2.22. The van der Waals surface area contributed by atoms with Gasteiger partial charge < -0.3 is 10.1 Å². The molecule has 0 saturated heterocycles. The number of ether oxygens (including phenoxy) is 1. The van der Waals surface area contributed by atoms with Gasteiger partial charge in [0.25, 0.3) is 5.91 Å². The molecule has 1 N–H and O–H groups in total.